The molecule has 2 aliphatic heterocycles. The maximum atomic E-state index is 14.8. The molecule has 1 fully saturated rings. The van der Waals surface area contributed by atoms with Crippen molar-refractivity contribution in [2.75, 3.05) is 62.4 Å². The molecule has 0 spiro atoms. The largest absolute Gasteiger partial charge is 0.496 e. The topological polar surface area (TPSA) is 117 Å². The number of likely N-dealkylation sites (N-methyl/N-ethyl adjacent to an activating group) is 1. The fourth-order valence-corrected chi connectivity index (χ4v) is 6.20. The normalized spacial score (nSPS) is 16.2. The lowest BCUT2D eigenvalue weighted by Crippen LogP contribution is -2.48. The number of carbonyl (C=O) groups excluding carboxylic acids is 1. The van der Waals surface area contributed by atoms with Crippen molar-refractivity contribution in [1.29, 1.82) is 0 Å². The van der Waals surface area contributed by atoms with Crippen LogP contribution in [0.5, 0.6) is 11.5 Å². The minimum atomic E-state index is -3.26. The van der Waals surface area contributed by atoms with Gasteiger partial charge in [-0.1, -0.05) is 0 Å². The number of aromatic nitrogens is 2. The number of carbonyl (C=O) groups is 1. The SMILES string of the molecule is CCN1C(=O)COc2c(CN3CCN(S(=O)(=O)CC)CC3)cc(Nc3ncc(F)c(-c4ccc(F)cc4OC)n3)cc21. The number of anilines is 3. The zero-order valence-corrected chi connectivity index (χ0v) is 24.4. The van der Waals surface area contributed by atoms with Gasteiger partial charge in [-0.3, -0.25) is 9.69 Å². The number of nitrogens with one attached hydrogen (secondary N) is 1. The van der Waals surface area contributed by atoms with Gasteiger partial charge in [0.15, 0.2) is 12.4 Å². The molecule has 0 unspecified atom stereocenters. The maximum absolute atomic E-state index is 14.8. The molecule has 3 aromatic rings. The number of hydrogen-bond acceptors (Lipinski definition) is 9. The van der Waals surface area contributed by atoms with Crippen molar-refractivity contribution >= 4 is 33.3 Å². The summed E-state index contributed by atoms with van der Waals surface area (Å²) in [7, 11) is -1.90. The van der Waals surface area contributed by atoms with Gasteiger partial charge in [0.2, 0.25) is 16.0 Å². The summed E-state index contributed by atoms with van der Waals surface area (Å²) in [5.74, 6) is -0.599. The number of sulfonamides is 1. The Balaban J connectivity index is 1.46. The number of fused-ring (bicyclic) bond motifs is 1. The average molecular weight is 603 g/mol. The van der Waals surface area contributed by atoms with Crippen LogP contribution in [0, 0.1) is 11.6 Å². The lowest BCUT2D eigenvalue weighted by atomic mass is 10.1. The summed E-state index contributed by atoms with van der Waals surface area (Å²) >= 11 is 0. The summed E-state index contributed by atoms with van der Waals surface area (Å²) in [5, 5.41) is 3.11. The van der Waals surface area contributed by atoms with Crippen molar-refractivity contribution in [3.05, 3.63) is 53.7 Å². The smallest absolute Gasteiger partial charge is 0.265 e. The van der Waals surface area contributed by atoms with E-state index in [1.165, 1.54) is 23.5 Å². The predicted octanol–water partition coefficient (Wildman–Crippen LogP) is 3.39. The first-order valence-corrected chi connectivity index (χ1v) is 15.2. The molecular formula is C28H32F2N6O5S. The zero-order chi connectivity index (χ0) is 30.0. The molecule has 0 bridgehead atoms. The van der Waals surface area contributed by atoms with Crippen LogP contribution in [0.15, 0.2) is 36.5 Å². The Morgan fingerprint density at radius 3 is 2.55 bits per heavy atom. The number of halogens is 2. The van der Waals surface area contributed by atoms with Crippen molar-refractivity contribution < 1.29 is 31.5 Å². The average Bonchev–Trinajstić information content (AvgIpc) is 2.98. The Morgan fingerprint density at radius 1 is 1.10 bits per heavy atom. The first-order valence-electron chi connectivity index (χ1n) is 13.6. The van der Waals surface area contributed by atoms with E-state index in [0.717, 1.165) is 17.8 Å². The highest BCUT2D eigenvalue weighted by Gasteiger charge is 2.30. The molecule has 3 heterocycles. The number of amides is 1. The molecule has 11 nitrogen and oxygen atoms in total. The van der Waals surface area contributed by atoms with E-state index in [1.54, 1.807) is 17.9 Å². The van der Waals surface area contributed by atoms with Crippen LogP contribution in [-0.4, -0.2) is 85.7 Å². The number of piperazine rings is 1. The van der Waals surface area contributed by atoms with Gasteiger partial charge in [0.25, 0.3) is 5.91 Å². The number of methoxy groups -OCH3 is 1. The third kappa shape index (κ3) is 6.01. The molecule has 14 heteroatoms. The van der Waals surface area contributed by atoms with Gasteiger partial charge in [-0.25, -0.2) is 27.2 Å². The summed E-state index contributed by atoms with van der Waals surface area (Å²) in [5.41, 5.74) is 2.08. The fourth-order valence-electron chi connectivity index (χ4n) is 5.12. The first-order chi connectivity index (χ1) is 20.1. The number of nitrogens with zero attached hydrogens (tertiary/aromatic N) is 5. The van der Waals surface area contributed by atoms with Crippen molar-refractivity contribution in [2.24, 2.45) is 0 Å². The molecule has 0 radical (unpaired) electrons. The van der Waals surface area contributed by atoms with E-state index in [0.29, 0.717) is 56.4 Å². The van der Waals surface area contributed by atoms with Gasteiger partial charge in [-0.2, -0.15) is 4.31 Å². The second-order valence-corrected chi connectivity index (χ2v) is 12.1. The Bertz CT molecular complexity index is 1600. The Hall–Kier alpha value is -3.88. The van der Waals surface area contributed by atoms with E-state index in [2.05, 4.69) is 20.2 Å². The van der Waals surface area contributed by atoms with Gasteiger partial charge in [0, 0.05) is 62.1 Å². The highest BCUT2D eigenvalue weighted by molar-refractivity contribution is 7.89. The van der Waals surface area contributed by atoms with E-state index >= 15 is 0 Å². The van der Waals surface area contributed by atoms with Gasteiger partial charge < -0.3 is 19.7 Å². The molecule has 1 N–H and O–H groups in total. The summed E-state index contributed by atoms with van der Waals surface area (Å²) in [6, 6.07) is 7.32. The molecule has 0 aliphatic carbocycles. The standard InChI is InChI=1S/C28H32F2N6O5S/c1-4-36-23-14-20(32-28-31-15-22(30)26(33-28)21-7-6-19(29)13-24(21)40-3)12-18(27(23)41-17-25(36)37)16-34-8-10-35(11-9-34)42(38,39)5-2/h6-7,12-15H,4-5,8-11,16-17H2,1-3H3,(H,31,32,33). The highest BCUT2D eigenvalue weighted by atomic mass is 32.2. The third-order valence-corrected chi connectivity index (χ3v) is 9.18. The zero-order valence-electron chi connectivity index (χ0n) is 23.6. The predicted molar refractivity (Wildman–Crippen MR) is 153 cm³/mol. The van der Waals surface area contributed by atoms with Gasteiger partial charge in [-0.05, 0) is 38.1 Å². The van der Waals surface area contributed by atoms with E-state index in [1.807, 2.05) is 13.0 Å². The van der Waals surface area contributed by atoms with E-state index in [4.69, 9.17) is 9.47 Å². The molecule has 0 saturated carbocycles. The molecule has 42 heavy (non-hydrogen) atoms. The second-order valence-electron chi connectivity index (χ2n) is 9.85. The van der Waals surface area contributed by atoms with Crippen LogP contribution in [0.25, 0.3) is 11.3 Å². The van der Waals surface area contributed by atoms with Crippen molar-refractivity contribution in [1.82, 2.24) is 19.2 Å². The summed E-state index contributed by atoms with van der Waals surface area (Å²) in [4.78, 5) is 24.8. The van der Waals surface area contributed by atoms with Crippen molar-refractivity contribution in [3.63, 3.8) is 0 Å². The molecule has 1 saturated heterocycles. The molecule has 2 aliphatic rings. The third-order valence-electron chi connectivity index (χ3n) is 7.30. The summed E-state index contributed by atoms with van der Waals surface area (Å²) in [6.07, 6.45) is 1.02. The van der Waals surface area contributed by atoms with E-state index < -0.39 is 21.7 Å². The van der Waals surface area contributed by atoms with Crippen LogP contribution >= 0.6 is 0 Å². The second kappa shape index (κ2) is 12.2. The van der Waals surface area contributed by atoms with Gasteiger partial charge in [-0.15, -0.1) is 0 Å². The van der Waals surface area contributed by atoms with Crippen LogP contribution in [0.2, 0.25) is 0 Å². The Morgan fingerprint density at radius 2 is 1.86 bits per heavy atom. The highest BCUT2D eigenvalue weighted by Crippen LogP contribution is 2.40. The molecule has 2 aromatic carbocycles. The minimum absolute atomic E-state index is 0.0596. The monoisotopic (exact) mass is 602 g/mol. The molecule has 1 aromatic heterocycles. The number of ether oxygens (including phenoxy) is 2. The van der Waals surface area contributed by atoms with Crippen molar-refractivity contribution in [2.45, 2.75) is 20.4 Å². The maximum Gasteiger partial charge on any atom is 0.265 e. The van der Waals surface area contributed by atoms with Crippen LogP contribution in [0.1, 0.15) is 19.4 Å². The molecule has 0 atom stereocenters. The molecule has 5 rings (SSSR count). The van der Waals surface area contributed by atoms with Crippen LogP contribution in [0.4, 0.5) is 26.1 Å². The minimum Gasteiger partial charge on any atom is -0.496 e. The van der Waals surface area contributed by atoms with Crippen LogP contribution in [-0.2, 0) is 21.4 Å². The summed E-state index contributed by atoms with van der Waals surface area (Å²) in [6.45, 7) is 6.12. The van der Waals surface area contributed by atoms with Gasteiger partial charge in [0.1, 0.15) is 23.0 Å². The lowest BCUT2D eigenvalue weighted by molar-refractivity contribution is -0.121. The molecular weight excluding hydrogens is 570 g/mol. The number of rotatable bonds is 9. The fraction of sp³-hybridized carbons (Fsp3) is 0.393. The number of benzene rings is 2. The lowest BCUT2D eigenvalue weighted by Gasteiger charge is -2.35. The Kier molecular flexibility index (Phi) is 8.57. The Labute approximate surface area is 243 Å². The van der Waals surface area contributed by atoms with Crippen LogP contribution in [0.3, 0.4) is 0 Å². The van der Waals surface area contributed by atoms with Crippen LogP contribution < -0.4 is 19.7 Å². The molecule has 1 amide bonds. The summed E-state index contributed by atoms with van der Waals surface area (Å²) < 4.78 is 65.8. The van der Waals surface area contributed by atoms with E-state index in [9.17, 15) is 22.0 Å². The van der Waals surface area contributed by atoms with Gasteiger partial charge >= 0.3 is 0 Å². The molecule has 224 valence electrons. The van der Waals surface area contributed by atoms with E-state index in [-0.39, 0.29) is 41.2 Å². The number of hydrogen-bond donors (Lipinski definition) is 1. The van der Waals surface area contributed by atoms with Gasteiger partial charge in [0.05, 0.1) is 24.7 Å². The first kappa shape index (κ1) is 29.6. The van der Waals surface area contributed by atoms with Crippen molar-refractivity contribution in [3.8, 4) is 22.8 Å². The quantitative estimate of drug-likeness (QED) is 0.393.